The Bertz CT molecular complexity index is 749. The molecule has 1 fully saturated rings. The molecule has 0 aromatic carbocycles. The first-order valence-corrected chi connectivity index (χ1v) is 9.23. The molecule has 2 aromatic rings. The second-order valence-corrected chi connectivity index (χ2v) is 8.48. The summed E-state index contributed by atoms with van der Waals surface area (Å²) in [5.74, 6) is 1.36. The minimum absolute atomic E-state index is 0.274. The number of pyridine rings is 1. The summed E-state index contributed by atoms with van der Waals surface area (Å²) in [6, 6.07) is 3.74. The quantitative estimate of drug-likeness (QED) is 0.874. The second kappa shape index (κ2) is 5.40. The minimum Gasteiger partial charge on any atom is -0.311 e. The zero-order chi connectivity index (χ0) is 15.0. The summed E-state index contributed by atoms with van der Waals surface area (Å²) in [6.07, 6.45) is 4.12. The Balaban J connectivity index is 2.16. The molecule has 0 bridgehead atoms. The van der Waals surface area contributed by atoms with Crippen molar-refractivity contribution in [3.63, 3.8) is 0 Å². The molecular weight excluding hydrogens is 286 g/mol. The molecule has 0 saturated carbocycles. The van der Waals surface area contributed by atoms with Crippen molar-refractivity contribution in [2.75, 3.05) is 5.75 Å². The monoisotopic (exact) mass is 307 g/mol. The second-order valence-electron chi connectivity index (χ2n) is 6.17. The summed E-state index contributed by atoms with van der Waals surface area (Å²) in [6.45, 7) is 4.98. The lowest BCUT2D eigenvalue weighted by molar-refractivity contribution is 0.489. The van der Waals surface area contributed by atoms with Gasteiger partial charge in [0.25, 0.3) is 0 Å². The molecule has 0 N–H and O–H groups in total. The fraction of sp³-hybridized carbons (Fsp3) is 0.600. The molecule has 3 heterocycles. The van der Waals surface area contributed by atoms with Gasteiger partial charge in [-0.1, -0.05) is 20.3 Å². The van der Waals surface area contributed by atoms with Gasteiger partial charge in [-0.2, -0.15) is 0 Å². The maximum absolute atomic E-state index is 12.4. The van der Waals surface area contributed by atoms with E-state index in [1.807, 2.05) is 16.7 Å². The van der Waals surface area contributed by atoms with Gasteiger partial charge in [0.15, 0.2) is 15.5 Å². The van der Waals surface area contributed by atoms with Crippen LogP contribution in [0.3, 0.4) is 0 Å². The van der Waals surface area contributed by atoms with Gasteiger partial charge in [0.05, 0.1) is 5.75 Å². The number of rotatable bonds is 3. The van der Waals surface area contributed by atoms with E-state index in [9.17, 15) is 8.42 Å². The van der Waals surface area contributed by atoms with E-state index >= 15 is 0 Å². The van der Waals surface area contributed by atoms with Crippen LogP contribution in [0, 0.1) is 5.92 Å². The molecule has 3 rings (SSSR count). The van der Waals surface area contributed by atoms with Crippen LogP contribution in [0.25, 0.3) is 11.2 Å². The zero-order valence-corrected chi connectivity index (χ0v) is 13.3. The maximum atomic E-state index is 12.4. The van der Waals surface area contributed by atoms with Gasteiger partial charge in [0, 0.05) is 12.7 Å². The molecule has 114 valence electrons. The third kappa shape index (κ3) is 2.69. The SMILES string of the molecule is CC(C)Cn1c(C2CCCCS2(=O)=O)nc2cccnc21. The van der Waals surface area contributed by atoms with Gasteiger partial charge < -0.3 is 4.57 Å². The van der Waals surface area contributed by atoms with E-state index in [1.54, 1.807) is 6.20 Å². The molecule has 21 heavy (non-hydrogen) atoms. The van der Waals surface area contributed by atoms with Crippen molar-refractivity contribution in [2.45, 2.75) is 44.9 Å². The highest BCUT2D eigenvalue weighted by molar-refractivity contribution is 7.91. The van der Waals surface area contributed by atoms with Gasteiger partial charge in [-0.3, -0.25) is 0 Å². The molecule has 2 aromatic heterocycles. The number of hydrogen-bond donors (Lipinski definition) is 0. The van der Waals surface area contributed by atoms with Crippen LogP contribution in [-0.2, 0) is 16.4 Å². The molecule has 1 unspecified atom stereocenters. The largest absolute Gasteiger partial charge is 0.311 e. The topological polar surface area (TPSA) is 64.8 Å². The molecule has 0 radical (unpaired) electrons. The van der Waals surface area contributed by atoms with Gasteiger partial charge in [-0.05, 0) is 30.9 Å². The summed E-state index contributed by atoms with van der Waals surface area (Å²) in [5.41, 5.74) is 1.58. The molecule has 1 aliphatic rings. The molecule has 1 aliphatic heterocycles. The summed E-state index contributed by atoms with van der Waals surface area (Å²) in [4.78, 5) is 9.01. The number of fused-ring (bicyclic) bond motifs is 1. The van der Waals surface area contributed by atoms with Crippen LogP contribution in [0.1, 0.15) is 44.2 Å². The van der Waals surface area contributed by atoms with E-state index in [-0.39, 0.29) is 5.75 Å². The highest BCUT2D eigenvalue weighted by Gasteiger charge is 2.34. The van der Waals surface area contributed by atoms with E-state index in [0.29, 0.717) is 18.2 Å². The maximum Gasteiger partial charge on any atom is 0.160 e. The summed E-state index contributed by atoms with van der Waals surface area (Å²) < 4.78 is 26.9. The normalized spacial score (nSPS) is 22.0. The molecule has 0 aliphatic carbocycles. The first-order valence-electron chi connectivity index (χ1n) is 7.52. The molecule has 0 amide bonds. The molecule has 1 saturated heterocycles. The van der Waals surface area contributed by atoms with E-state index in [2.05, 4.69) is 23.8 Å². The third-order valence-corrected chi connectivity index (χ3v) is 6.12. The predicted molar refractivity (Wildman–Crippen MR) is 82.7 cm³/mol. The van der Waals surface area contributed by atoms with E-state index in [4.69, 9.17) is 0 Å². The molecular formula is C15H21N3O2S. The Morgan fingerprint density at radius 3 is 2.90 bits per heavy atom. The lowest BCUT2D eigenvalue weighted by Gasteiger charge is -2.23. The Kier molecular flexibility index (Phi) is 3.73. The molecule has 1 atom stereocenters. The Morgan fingerprint density at radius 2 is 2.19 bits per heavy atom. The lowest BCUT2D eigenvalue weighted by atomic mass is 10.1. The van der Waals surface area contributed by atoms with Crippen molar-refractivity contribution < 1.29 is 8.42 Å². The summed E-state index contributed by atoms with van der Waals surface area (Å²) in [7, 11) is -3.09. The average Bonchev–Trinajstić information content (AvgIpc) is 2.76. The summed E-state index contributed by atoms with van der Waals surface area (Å²) >= 11 is 0. The van der Waals surface area contributed by atoms with Crippen molar-refractivity contribution in [1.82, 2.24) is 14.5 Å². The number of aromatic nitrogens is 3. The van der Waals surface area contributed by atoms with Crippen molar-refractivity contribution in [3.05, 3.63) is 24.2 Å². The highest BCUT2D eigenvalue weighted by Crippen LogP contribution is 2.34. The number of sulfone groups is 1. The van der Waals surface area contributed by atoms with Crippen molar-refractivity contribution in [2.24, 2.45) is 5.92 Å². The van der Waals surface area contributed by atoms with E-state index in [0.717, 1.165) is 30.6 Å². The van der Waals surface area contributed by atoms with E-state index < -0.39 is 15.1 Å². The lowest BCUT2D eigenvalue weighted by Crippen LogP contribution is -2.25. The number of hydrogen-bond acceptors (Lipinski definition) is 4. The van der Waals surface area contributed by atoms with Crippen molar-refractivity contribution in [1.29, 1.82) is 0 Å². The van der Waals surface area contributed by atoms with Gasteiger partial charge in [-0.15, -0.1) is 0 Å². The Hall–Kier alpha value is -1.43. The van der Waals surface area contributed by atoms with Crippen LogP contribution in [0.2, 0.25) is 0 Å². The van der Waals surface area contributed by atoms with Gasteiger partial charge in [-0.25, -0.2) is 18.4 Å². The average molecular weight is 307 g/mol. The molecule has 5 nitrogen and oxygen atoms in total. The fourth-order valence-corrected chi connectivity index (χ4v) is 4.93. The number of nitrogens with zero attached hydrogens (tertiary/aromatic N) is 3. The van der Waals surface area contributed by atoms with Gasteiger partial charge in [0.1, 0.15) is 16.6 Å². The minimum atomic E-state index is -3.09. The Morgan fingerprint density at radius 1 is 1.38 bits per heavy atom. The number of imidazole rings is 1. The van der Waals surface area contributed by atoms with Crippen LogP contribution in [0.4, 0.5) is 0 Å². The zero-order valence-electron chi connectivity index (χ0n) is 12.5. The fourth-order valence-electron chi connectivity index (χ4n) is 3.01. The van der Waals surface area contributed by atoms with E-state index in [1.165, 1.54) is 0 Å². The highest BCUT2D eigenvalue weighted by atomic mass is 32.2. The van der Waals surface area contributed by atoms with Gasteiger partial charge in [0.2, 0.25) is 0 Å². The Labute approximate surface area is 125 Å². The van der Waals surface area contributed by atoms with Crippen LogP contribution >= 0.6 is 0 Å². The standard InChI is InChI=1S/C15H21N3O2S/c1-11(2)10-18-14-12(6-5-8-16-14)17-15(18)13-7-3-4-9-21(13,19)20/h5-6,8,11,13H,3-4,7,9-10H2,1-2H3. The smallest absolute Gasteiger partial charge is 0.160 e. The molecule has 0 spiro atoms. The first-order chi connectivity index (χ1) is 9.99. The van der Waals surface area contributed by atoms with Crippen LogP contribution in [0.5, 0.6) is 0 Å². The van der Waals surface area contributed by atoms with Crippen LogP contribution < -0.4 is 0 Å². The summed E-state index contributed by atoms with van der Waals surface area (Å²) in [5, 5.41) is -0.473. The molecule has 6 heteroatoms. The third-order valence-electron chi connectivity index (χ3n) is 3.95. The van der Waals surface area contributed by atoms with Crippen molar-refractivity contribution in [3.8, 4) is 0 Å². The van der Waals surface area contributed by atoms with Gasteiger partial charge >= 0.3 is 0 Å². The van der Waals surface area contributed by atoms with Crippen LogP contribution in [-0.4, -0.2) is 28.7 Å². The first kappa shape index (κ1) is 14.5. The van der Waals surface area contributed by atoms with Crippen LogP contribution in [0.15, 0.2) is 18.3 Å². The predicted octanol–water partition coefficient (Wildman–Crippen LogP) is 2.73. The van der Waals surface area contributed by atoms with Crippen molar-refractivity contribution >= 4 is 21.0 Å².